The molecular weight excluding hydrogens is 258 g/mol. The first-order valence-electron chi connectivity index (χ1n) is 7.05. The van der Waals surface area contributed by atoms with Gasteiger partial charge in [0.25, 0.3) is 0 Å². The fourth-order valence-electron chi connectivity index (χ4n) is 2.67. The first-order valence-corrected chi connectivity index (χ1v) is 7.05. The van der Waals surface area contributed by atoms with Crippen molar-refractivity contribution in [1.29, 1.82) is 0 Å². The molecule has 0 aliphatic carbocycles. The Hall–Kier alpha value is -1.43. The fourth-order valence-corrected chi connectivity index (χ4v) is 2.67. The molecule has 0 radical (unpaired) electrons. The second-order valence-electron chi connectivity index (χ2n) is 6.24. The van der Waals surface area contributed by atoms with Crippen molar-refractivity contribution in [2.75, 3.05) is 6.61 Å². The maximum absolute atomic E-state index is 11.2. The van der Waals surface area contributed by atoms with Crippen molar-refractivity contribution >= 4 is 5.91 Å². The molecule has 2 atom stereocenters. The first-order chi connectivity index (χ1) is 9.31. The minimum Gasteiger partial charge on any atom is -0.377 e. The molecule has 1 aromatic rings. The average Bonchev–Trinajstić information content (AvgIpc) is 2.96. The van der Waals surface area contributed by atoms with Gasteiger partial charge in [-0.25, -0.2) is 0 Å². The Morgan fingerprint density at radius 3 is 2.75 bits per heavy atom. The maximum Gasteiger partial charge on any atom is 0.232 e. The Morgan fingerprint density at radius 1 is 1.45 bits per heavy atom. The van der Waals surface area contributed by atoms with E-state index in [2.05, 4.69) is 29.3 Å². The zero-order chi connectivity index (χ0) is 14.9. The second kappa shape index (κ2) is 5.52. The van der Waals surface area contributed by atoms with Crippen LogP contribution in [0.25, 0.3) is 0 Å². The summed E-state index contributed by atoms with van der Waals surface area (Å²) >= 11 is 0. The quantitative estimate of drug-likeness (QED) is 0.913. The molecule has 2 heterocycles. The summed E-state index contributed by atoms with van der Waals surface area (Å²) in [5.74, 6) is 1.53. The monoisotopic (exact) mass is 281 g/mol. The number of aromatic nitrogens is 2. The van der Waals surface area contributed by atoms with Gasteiger partial charge in [-0.15, -0.1) is 0 Å². The van der Waals surface area contributed by atoms with Crippen LogP contribution in [0.3, 0.4) is 0 Å². The van der Waals surface area contributed by atoms with Crippen LogP contribution in [-0.4, -0.2) is 28.8 Å². The van der Waals surface area contributed by atoms with Gasteiger partial charge < -0.3 is 14.6 Å². The summed E-state index contributed by atoms with van der Waals surface area (Å²) in [6, 6.07) is 0. The summed E-state index contributed by atoms with van der Waals surface area (Å²) in [5, 5.41) is 6.84. The first kappa shape index (κ1) is 15.0. The standard InChI is InChI=1S/C14H23N3O3/c1-8(2)11-10(6-7-19-11)12-15-13(17-20-12)14(4,5)16-9(3)18/h8,10-11H,6-7H2,1-5H3,(H,16,18). The van der Waals surface area contributed by atoms with Crippen LogP contribution in [0.5, 0.6) is 0 Å². The van der Waals surface area contributed by atoms with Crippen molar-refractivity contribution in [2.24, 2.45) is 5.92 Å². The van der Waals surface area contributed by atoms with Crippen molar-refractivity contribution in [3.8, 4) is 0 Å². The van der Waals surface area contributed by atoms with Crippen LogP contribution < -0.4 is 5.32 Å². The van der Waals surface area contributed by atoms with Crippen LogP contribution in [0, 0.1) is 5.92 Å². The molecule has 0 saturated carbocycles. The van der Waals surface area contributed by atoms with Crippen LogP contribution in [0.15, 0.2) is 4.52 Å². The van der Waals surface area contributed by atoms with Gasteiger partial charge in [0.2, 0.25) is 11.8 Å². The third-order valence-electron chi connectivity index (χ3n) is 3.60. The smallest absolute Gasteiger partial charge is 0.232 e. The Bertz CT molecular complexity index is 482. The molecule has 0 aromatic carbocycles. The highest BCUT2D eigenvalue weighted by Crippen LogP contribution is 2.35. The highest BCUT2D eigenvalue weighted by atomic mass is 16.5. The van der Waals surface area contributed by atoms with Crippen LogP contribution >= 0.6 is 0 Å². The van der Waals surface area contributed by atoms with E-state index in [1.54, 1.807) is 0 Å². The highest BCUT2D eigenvalue weighted by Gasteiger charge is 2.37. The topological polar surface area (TPSA) is 77.2 Å². The van der Waals surface area contributed by atoms with E-state index in [9.17, 15) is 4.79 Å². The van der Waals surface area contributed by atoms with Gasteiger partial charge in [0, 0.05) is 13.5 Å². The van der Waals surface area contributed by atoms with Crippen molar-refractivity contribution in [1.82, 2.24) is 15.5 Å². The molecule has 1 N–H and O–H groups in total. The maximum atomic E-state index is 11.2. The fraction of sp³-hybridized carbons (Fsp3) is 0.786. The number of carbonyl (C=O) groups is 1. The van der Waals surface area contributed by atoms with Gasteiger partial charge in [-0.3, -0.25) is 4.79 Å². The Labute approximate surface area is 119 Å². The lowest BCUT2D eigenvalue weighted by Crippen LogP contribution is -2.40. The van der Waals surface area contributed by atoms with E-state index in [1.165, 1.54) is 6.92 Å². The Balaban J connectivity index is 2.18. The van der Waals surface area contributed by atoms with E-state index in [0.29, 0.717) is 17.6 Å². The lowest BCUT2D eigenvalue weighted by atomic mass is 9.93. The zero-order valence-corrected chi connectivity index (χ0v) is 12.8. The third-order valence-corrected chi connectivity index (χ3v) is 3.60. The van der Waals surface area contributed by atoms with Gasteiger partial charge in [-0.1, -0.05) is 19.0 Å². The molecule has 1 aliphatic rings. The summed E-state index contributed by atoms with van der Waals surface area (Å²) in [6.45, 7) is 10.2. The van der Waals surface area contributed by atoms with Gasteiger partial charge in [0.05, 0.1) is 17.6 Å². The van der Waals surface area contributed by atoms with E-state index in [4.69, 9.17) is 9.26 Å². The molecule has 0 bridgehead atoms. The summed E-state index contributed by atoms with van der Waals surface area (Å²) in [4.78, 5) is 15.7. The van der Waals surface area contributed by atoms with Crippen LogP contribution in [0.1, 0.15) is 58.7 Å². The van der Waals surface area contributed by atoms with E-state index in [0.717, 1.165) is 13.0 Å². The third kappa shape index (κ3) is 3.00. The minimum atomic E-state index is -0.639. The summed E-state index contributed by atoms with van der Waals surface area (Å²) in [6.07, 6.45) is 1.01. The molecule has 1 amide bonds. The molecule has 1 saturated heterocycles. The lowest BCUT2D eigenvalue weighted by Gasteiger charge is -2.21. The molecular formula is C14H23N3O3. The minimum absolute atomic E-state index is 0.118. The number of hydrogen-bond acceptors (Lipinski definition) is 5. The molecule has 0 spiro atoms. The molecule has 6 nitrogen and oxygen atoms in total. The summed E-state index contributed by atoms with van der Waals surface area (Å²) < 4.78 is 11.1. The van der Waals surface area contributed by atoms with Gasteiger partial charge in [0.15, 0.2) is 5.82 Å². The molecule has 2 rings (SSSR count). The van der Waals surface area contributed by atoms with E-state index in [1.807, 2.05) is 13.8 Å². The lowest BCUT2D eigenvalue weighted by molar-refractivity contribution is -0.120. The number of ether oxygens (including phenoxy) is 1. The highest BCUT2D eigenvalue weighted by molar-refractivity contribution is 5.73. The predicted molar refractivity (Wildman–Crippen MR) is 73.1 cm³/mol. The Morgan fingerprint density at radius 2 is 2.15 bits per heavy atom. The predicted octanol–water partition coefficient (Wildman–Crippen LogP) is 1.97. The van der Waals surface area contributed by atoms with E-state index in [-0.39, 0.29) is 17.9 Å². The molecule has 6 heteroatoms. The Kier molecular flexibility index (Phi) is 4.13. The van der Waals surface area contributed by atoms with Crippen LogP contribution in [-0.2, 0) is 15.1 Å². The normalized spacial score (nSPS) is 23.3. The SMILES string of the molecule is CC(=O)NC(C)(C)c1noc(C2CCOC2C(C)C)n1. The van der Waals surface area contributed by atoms with Gasteiger partial charge in [-0.05, 0) is 26.2 Å². The number of nitrogens with one attached hydrogen (secondary N) is 1. The van der Waals surface area contributed by atoms with Gasteiger partial charge in [-0.2, -0.15) is 4.98 Å². The number of hydrogen-bond donors (Lipinski definition) is 1. The van der Waals surface area contributed by atoms with Crippen LogP contribution in [0.2, 0.25) is 0 Å². The van der Waals surface area contributed by atoms with Crippen LogP contribution in [0.4, 0.5) is 0 Å². The largest absolute Gasteiger partial charge is 0.377 e. The average molecular weight is 281 g/mol. The molecule has 1 aromatic heterocycles. The second-order valence-corrected chi connectivity index (χ2v) is 6.24. The van der Waals surface area contributed by atoms with Crippen molar-refractivity contribution in [3.63, 3.8) is 0 Å². The van der Waals surface area contributed by atoms with Crippen molar-refractivity contribution in [3.05, 3.63) is 11.7 Å². The van der Waals surface area contributed by atoms with Gasteiger partial charge >= 0.3 is 0 Å². The number of nitrogens with zero attached hydrogens (tertiary/aromatic N) is 2. The van der Waals surface area contributed by atoms with E-state index >= 15 is 0 Å². The van der Waals surface area contributed by atoms with Gasteiger partial charge in [0.1, 0.15) is 0 Å². The summed E-state index contributed by atoms with van der Waals surface area (Å²) in [7, 11) is 0. The molecule has 112 valence electrons. The number of amides is 1. The van der Waals surface area contributed by atoms with Crippen molar-refractivity contribution in [2.45, 2.75) is 58.6 Å². The van der Waals surface area contributed by atoms with Crippen molar-refractivity contribution < 1.29 is 14.1 Å². The van der Waals surface area contributed by atoms with E-state index < -0.39 is 5.54 Å². The number of rotatable bonds is 4. The molecule has 1 aliphatic heterocycles. The number of carbonyl (C=O) groups excluding carboxylic acids is 1. The molecule has 2 unspecified atom stereocenters. The molecule has 20 heavy (non-hydrogen) atoms. The zero-order valence-electron chi connectivity index (χ0n) is 12.8. The molecule has 1 fully saturated rings. The summed E-state index contributed by atoms with van der Waals surface area (Å²) in [5.41, 5.74) is -0.639.